The number of aryl methyl sites for hydroxylation is 1. The summed E-state index contributed by atoms with van der Waals surface area (Å²) in [6.07, 6.45) is 1.68. The molecule has 0 spiro atoms. The molecule has 5 nitrogen and oxygen atoms in total. The smallest absolute Gasteiger partial charge is 0.276 e. The Morgan fingerprint density at radius 1 is 1.50 bits per heavy atom. The molecule has 0 radical (unpaired) electrons. The van der Waals surface area contributed by atoms with Crippen LogP contribution in [0.4, 0.5) is 5.69 Å². The topological polar surface area (TPSA) is 67.2 Å². The van der Waals surface area contributed by atoms with E-state index in [-0.39, 0.29) is 12.5 Å². The summed E-state index contributed by atoms with van der Waals surface area (Å²) in [6.45, 7) is -0.254. The maximum Gasteiger partial charge on any atom is 0.276 e. The van der Waals surface area contributed by atoms with Crippen LogP contribution in [0, 0.1) is 11.8 Å². The van der Waals surface area contributed by atoms with Gasteiger partial charge in [0.15, 0.2) is 5.69 Å². The van der Waals surface area contributed by atoms with Crippen molar-refractivity contribution in [3.8, 4) is 11.8 Å². The van der Waals surface area contributed by atoms with E-state index in [1.165, 1.54) is 0 Å². The third kappa shape index (κ3) is 3.38. The van der Waals surface area contributed by atoms with Crippen molar-refractivity contribution in [1.82, 2.24) is 9.78 Å². The van der Waals surface area contributed by atoms with Crippen LogP contribution >= 0.6 is 11.6 Å². The number of carbonyl (C=O) groups excluding carboxylic acids is 1. The van der Waals surface area contributed by atoms with Crippen molar-refractivity contribution in [1.29, 1.82) is 0 Å². The molecule has 0 aliphatic rings. The Morgan fingerprint density at radius 3 is 2.95 bits per heavy atom. The third-order valence-electron chi connectivity index (χ3n) is 2.48. The highest BCUT2D eigenvalue weighted by molar-refractivity contribution is 6.31. The van der Waals surface area contributed by atoms with Crippen LogP contribution in [0.2, 0.25) is 5.02 Å². The number of anilines is 1. The van der Waals surface area contributed by atoms with Gasteiger partial charge in [0, 0.05) is 23.8 Å². The van der Waals surface area contributed by atoms with E-state index in [1.807, 2.05) is 0 Å². The largest absolute Gasteiger partial charge is 0.384 e. The predicted molar refractivity (Wildman–Crippen MR) is 76.6 cm³/mol. The minimum Gasteiger partial charge on any atom is -0.384 e. The number of benzene rings is 1. The summed E-state index contributed by atoms with van der Waals surface area (Å²) in [6, 6.07) is 6.56. The summed E-state index contributed by atoms with van der Waals surface area (Å²) in [7, 11) is 1.73. The van der Waals surface area contributed by atoms with Gasteiger partial charge in [-0.25, -0.2) is 0 Å². The van der Waals surface area contributed by atoms with Crippen LogP contribution in [0.1, 0.15) is 16.1 Å². The zero-order valence-corrected chi connectivity index (χ0v) is 11.5. The van der Waals surface area contributed by atoms with E-state index < -0.39 is 0 Å². The minimum atomic E-state index is -0.347. The fourth-order valence-corrected chi connectivity index (χ4v) is 1.76. The van der Waals surface area contributed by atoms with Crippen molar-refractivity contribution in [2.75, 3.05) is 11.9 Å². The maximum atomic E-state index is 12.0. The zero-order chi connectivity index (χ0) is 14.5. The number of carbonyl (C=O) groups is 1. The molecule has 6 heteroatoms. The average Bonchev–Trinajstić information content (AvgIpc) is 2.85. The van der Waals surface area contributed by atoms with Crippen molar-refractivity contribution in [3.05, 3.63) is 46.7 Å². The molecule has 2 rings (SSSR count). The van der Waals surface area contributed by atoms with Crippen molar-refractivity contribution in [2.45, 2.75) is 0 Å². The van der Waals surface area contributed by atoms with Gasteiger partial charge in [-0.05, 0) is 24.3 Å². The SMILES string of the molecule is Cn1ccc(C(=O)Nc2cc(Cl)ccc2C#CCO)n1. The molecule has 0 aliphatic heterocycles. The highest BCUT2D eigenvalue weighted by Gasteiger charge is 2.11. The number of amides is 1. The first-order valence-corrected chi connectivity index (χ1v) is 6.18. The number of halogens is 1. The molecule has 1 heterocycles. The molecule has 0 unspecified atom stereocenters. The molecule has 1 aromatic heterocycles. The number of rotatable bonds is 2. The second-order valence-corrected chi connectivity index (χ2v) is 4.42. The van der Waals surface area contributed by atoms with E-state index >= 15 is 0 Å². The lowest BCUT2D eigenvalue weighted by Crippen LogP contribution is -2.14. The van der Waals surface area contributed by atoms with Crippen LogP contribution < -0.4 is 5.32 Å². The molecule has 0 fully saturated rings. The lowest BCUT2D eigenvalue weighted by molar-refractivity contribution is 0.102. The standard InChI is InChI=1S/C14H12ClN3O2/c1-18-7-6-12(17-18)14(20)16-13-9-11(15)5-4-10(13)3-2-8-19/h4-7,9,19H,8H2,1H3,(H,16,20). The fourth-order valence-electron chi connectivity index (χ4n) is 1.59. The molecule has 2 aromatic rings. The molecule has 2 N–H and O–H groups in total. The first-order chi connectivity index (χ1) is 9.60. The Morgan fingerprint density at radius 2 is 2.30 bits per heavy atom. The highest BCUT2D eigenvalue weighted by Crippen LogP contribution is 2.21. The number of aromatic nitrogens is 2. The molecule has 1 aromatic carbocycles. The summed E-state index contributed by atoms with van der Waals surface area (Å²) >= 11 is 5.92. The van der Waals surface area contributed by atoms with E-state index in [4.69, 9.17) is 16.7 Å². The summed E-state index contributed by atoms with van der Waals surface area (Å²) in [5.41, 5.74) is 1.36. The Bertz CT molecular complexity index is 698. The van der Waals surface area contributed by atoms with Gasteiger partial charge >= 0.3 is 0 Å². The van der Waals surface area contributed by atoms with Crippen LogP contribution in [0.3, 0.4) is 0 Å². The van der Waals surface area contributed by atoms with E-state index in [0.29, 0.717) is 22.0 Å². The number of nitrogens with one attached hydrogen (secondary N) is 1. The van der Waals surface area contributed by atoms with Crippen molar-refractivity contribution >= 4 is 23.2 Å². The Balaban J connectivity index is 2.28. The van der Waals surface area contributed by atoms with Crippen molar-refractivity contribution in [2.24, 2.45) is 7.05 Å². The molecule has 0 saturated carbocycles. The van der Waals surface area contributed by atoms with Gasteiger partial charge in [0.2, 0.25) is 0 Å². The molecule has 1 amide bonds. The quantitative estimate of drug-likeness (QED) is 0.827. The number of aliphatic hydroxyl groups is 1. The third-order valence-corrected chi connectivity index (χ3v) is 2.71. The van der Waals surface area contributed by atoms with Gasteiger partial charge in [-0.1, -0.05) is 23.4 Å². The summed E-state index contributed by atoms with van der Waals surface area (Å²) in [4.78, 5) is 12.0. The second-order valence-electron chi connectivity index (χ2n) is 3.98. The molecule has 0 bridgehead atoms. The van der Waals surface area contributed by atoms with Gasteiger partial charge in [0.1, 0.15) is 6.61 Å². The first kappa shape index (κ1) is 14.1. The van der Waals surface area contributed by atoms with E-state index in [0.717, 1.165) is 0 Å². The van der Waals surface area contributed by atoms with Gasteiger partial charge in [-0.2, -0.15) is 5.10 Å². The fraction of sp³-hybridized carbons (Fsp3) is 0.143. The maximum absolute atomic E-state index is 12.0. The lowest BCUT2D eigenvalue weighted by atomic mass is 10.1. The Labute approximate surface area is 121 Å². The van der Waals surface area contributed by atoms with Gasteiger partial charge in [0.05, 0.1) is 5.69 Å². The summed E-state index contributed by atoms with van der Waals surface area (Å²) in [5, 5.41) is 15.9. The molecular weight excluding hydrogens is 278 g/mol. The highest BCUT2D eigenvalue weighted by atomic mass is 35.5. The Kier molecular flexibility index (Phi) is 4.41. The van der Waals surface area contributed by atoms with Crippen LogP contribution in [-0.4, -0.2) is 27.4 Å². The second kappa shape index (κ2) is 6.24. The molecule has 0 saturated heterocycles. The van der Waals surface area contributed by atoms with Crippen molar-refractivity contribution < 1.29 is 9.90 Å². The van der Waals surface area contributed by atoms with Gasteiger partial charge in [-0.3, -0.25) is 9.48 Å². The minimum absolute atomic E-state index is 0.254. The lowest BCUT2D eigenvalue weighted by Gasteiger charge is -2.06. The average molecular weight is 290 g/mol. The van der Waals surface area contributed by atoms with Gasteiger partial charge < -0.3 is 10.4 Å². The van der Waals surface area contributed by atoms with Crippen LogP contribution in [0.15, 0.2) is 30.5 Å². The summed E-state index contributed by atoms with van der Waals surface area (Å²) < 4.78 is 1.54. The number of hydrogen-bond acceptors (Lipinski definition) is 3. The van der Waals surface area contributed by atoms with Crippen LogP contribution in [0.5, 0.6) is 0 Å². The normalized spacial score (nSPS) is 9.75. The first-order valence-electron chi connectivity index (χ1n) is 5.80. The predicted octanol–water partition coefficient (Wildman–Crippen LogP) is 1.67. The van der Waals surface area contributed by atoms with Gasteiger partial charge in [0.25, 0.3) is 5.91 Å². The van der Waals surface area contributed by atoms with Crippen LogP contribution in [-0.2, 0) is 7.05 Å². The van der Waals surface area contributed by atoms with Crippen LogP contribution in [0.25, 0.3) is 0 Å². The van der Waals surface area contributed by atoms with E-state index in [2.05, 4.69) is 22.3 Å². The van der Waals surface area contributed by atoms with E-state index in [1.54, 1.807) is 42.2 Å². The monoisotopic (exact) mass is 289 g/mol. The molecular formula is C14H12ClN3O2. The molecule has 0 atom stereocenters. The number of hydrogen-bond donors (Lipinski definition) is 2. The molecule has 20 heavy (non-hydrogen) atoms. The number of aliphatic hydroxyl groups excluding tert-OH is 1. The Hall–Kier alpha value is -2.29. The molecule has 0 aliphatic carbocycles. The zero-order valence-electron chi connectivity index (χ0n) is 10.7. The number of nitrogens with zero attached hydrogens (tertiary/aromatic N) is 2. The summed E-state index contributed by atoms with van der Waals surface area (Å²) in [5.74, 6) is 4.94. The van der Waals surface area contributed by atoms with Gasteiger partial charge in [-0.15, -0.1) is 0 Å². The molecule has 102 valence electrons. The van der Waals surface area contributed by atoms with Crippen molar-refractivity contribution in [3.63, 3.8) is 0 Å². The van der Waals surface area contributed by atoms with E-state index in [9.17, 15) is 4.79 Å².